The lowest BCUT2D eigenvalue weighted by atomic mass is 10.1. The molecule has 0 N–H and O–H groups in total. The number of rotatable bonds is 19. The van der Waals surface area contributed by atoms with E-state index in [-0.39, 0.29) is 5.97 Å². The number of hydroxylamine groups is 2. The van der Waals surface area contributed by atoms with E-state index in [4.69, 9.17) is 4.84 Å². The highest BCUT2D eigenvalue weighted by atomic mass is 16.7. The van der Waals surface area contributed by atoms with Crippen LogP contribution in [0.25, 0.3) is 0 Å². The lowest BCUT2D eigenvalue weighted by molar-refractivity contribution is -0.186. The fourth-order valence-corrected chi connectivity index (χ4v) is 3.15. The molecule has 4 nitrogen and oxygen atoms in total. The Morgan fingerprint density at radius 3 is 1.68 bits per heavy atom. The molecule has 28 heavy (non-hydrogen) atoms. The summed E-state index contributed by atoms with van der Waals surface area (Å²) in [5.41, 5.74) is 0.720. The van der Waals surface area contributed by atoms with Crippen molar-refractivity contribution in [2.45, 2.75) is 104 Å². The van der Waals surface area contributed by atoms with Crippen molar-refractivity contribution >= 4 is 5.97 Å². The third-order valence-electron chi connectivity index (χ3n) is 5.08. The Kier molecular flexibility index (Phi) is 18.8. The van der Waals surface area contributed by atoms with Crippen LogP contribution in [0.1, 0.15) is 104 Å². The Labute approximate surface area is 175 Å². The summed E-state index contributed by atoms with van der Waals surface area (Å²) < 4.78 is 0. The molecule has 0 amide bonds. The van der Waals surface area contributed by atoms with Crippen molar-refractivity contribution in [3.8, 4) is 0 Å². The first kappa shape index (κ1) is 27.1. The smallest absolute Gasteiger partial charge is 0.352 e. The zero-order valence-electron chi connectivity index (χ0n) is 19.6. The molecule has 0 aromatic heterocycles. The Bertz CT molecular complexity index is 378. The summed E-state index contributed by atoms with van der Waals surface area (Å²) in [6.07, 6.45) is 18.0. The van der Waals surface area contributed by atoms with Crippen LogP contribution in [0.15, 0.2) is 11.6 Å². The lowest BCUT2D eigenvalue weighted by Crippen LogP contribution is -2.30. The summed E-state index contributed by atoms with van der Waals surface area (Å²) in [7, 11) is 4.09. The van der Waals surface area contributed by atoms with Gasteiger partial charge in [-0.1, -0.05) is 84.1 Å². The molecule has 0 aromatic rings. The first-order chi connectivity index (χ1) is 13.5. The molecule has 0 radical (unpaired) electrons. The van der Waals surface area contributed by atoms with Crippen molar-refractivity contribution in [1.82, 2.24) is 9.96 Å². The van der Waals surface area contributed by atoms with Gasteiger partial charge in [0, 0.05) is 25.2 Å². The molecule has 166 valence electrons. The van der Waals surface area contributed by atoms with Crippen molar-refractivity contribution in [3.63, 3.8) is 0 Å². The second-order valence-electron chi connectivity index (χ2n) is 8.32. The average Bonchev–Trinajstić information content (AvgIpc) is 2.66. The van der Waals surface area contributed by atoms with Crippen LogP contribution in [-0.4, -0.2) is 49.7 Å². The molecule has 0 rings (SSSR count). The summed E-state index contributed by atoms with van der Waals surface area (Å²) in [6, 6.07) is 0. The van der Waals surface area contributed by atoms with E-state index in [1.54, 1.807) is 0 Å². The van der Waals surface area contributed by atoms with Gasteiger partial charge in [-0.15, -0.1) is 5.06 Å². The Hall–Kier alpha value is -0.870. The predicted octanol–water partition coefficient (Wildman–Crippen LogP) is 6.37. The molecule has 0 spiro atoms. The maximum absolute atomic E-state index is 12.4. The zero-order chi connectivity index (χ0) is 21.0. The minimum Gasteiger partial charge on any atom is -0.364 e. The lowest BCUT2D eigenvalue weighted by Gasteiger charge is -2.21. The molecule has 0 saturated carbocycles. The normalized spacial score (nSPS) is 12.2. The van der Waals surface area contributed by atoms with E-state index in [0.29, 0.717) is 0 Å². The van der Waals surface area contributed by atoms with E-state index >= 15 is 0 Å². The number of hydrogen-bond donors (Lipinski definition) is 0. The SMILES string of the molecule is CCCCCCCCN(CCCCCCCC)OC(=O)C(C)=CCCN(C)C. The molecule has 0 aliphatic rings. The number of hydrogen-bond acceptors (Lipinski definition) is 4. The van der Waals surface area contributed by atoms with Crippen LogP contribution >= 0.6 is 0 Å². The van der Waals surface area contributed by atoms with Gasteiger partial charge >= 0.3 is 5.97 Å². The molecule has 0 unspecified atom stereocenters. The van der Waals surface area contributed by atoms with Crippen LogP contribution in [0.5, 0.6) is 0 Å². The molecule has 0 saturated heterocycles. The summed E-state index contributed by atoms with van der Waals surface area (Å²) in [6.45, 7) is 9.03. The molecule has 0 aliphatic heterocycles. The van der Waals surface area contributed by atoms with Crippen LogP contribution in [0.2, 0.25) is 0 Å². The molecule has 0 fully saturated rings. The highest BCUT2D eigenvalue weighted by Crippen LogP contribution is 2.11. The van der Waals surface area contributed by atoms with Gasteiger partial charge in [0.05, 0.1) is 0 Å². The van der Waals surface area contributed by atoms with Gasteiger partial charge in [0.1, 0.15) is 0 Å². The highest BCUT2D eigenvalue weighted by Gasteiger charge is 2.13. The van der Waals surface area contributed by atoms with Crippen LogP contribution in [0.3, 0.4) is 0 Å². The summed E-state index contributed by atoms with van der Waals surface area (Å²) in [5.74, 6) is -0.185. The summed E-state index contributed by atoms with van der Waals surface area (Å²) in [4.78, 5) is 20.3. The van der Waals surface area contributed by atoms with Gasteiger partial charge in [-0.2, -0.15) is 0 Å². The van der Waals surface area contributed by atoms with Crippen molar-refractivity contribution < 1.29 is 9.63 Å². The second-order valence-corrected chi connectivity index (χ2v) is 8.32. The zero-order valence-corrected chi connectivity index (χ0v) is 19.6. The van der Waals surface area contributed by atoms with E-state index < -0.39 is 0 Å². The number of unbranched alkanes of at least 4 members (excludes halogenated alkanes) is 10. The van der Waals surface area contributed by atoms with Gasteiger partial charge < -0.3 is 9.74 Å². The first-order valence-corrected chi connectivity index (χ1v) is 11.8. The molecule has 0 aromatic carbocycles. The van der Waals surface area contributed by atoms with Gasteiger partial charge in [0.15, 0.2) is 0 Å². The number of carbonyl (C=O) groups excluding carboxylic acids is 1. The van der Waals surface area contributed by atoms with Crippen molar-refractivity contribution in [2.24, 2.45) is 0 Å². The maximum atomic E-state index is 12.4. The fourth-order valence-electron chi connectivity index (χ4n) is 3.15. The van der Waals surface area contributed by atoms with E-state index in [1.807, 2.05) is 32.2 Å². The predicted molar refractivity (Wildman–Crippen MR) is 121 cm³/mol. The first-order valence-electron chi connectivity index (χ1n) is 11.8. The highest BCUT2D eigenvalue weighted by molar-refractivity contribution is 5.87. The van der Waals surface area contributed by atoms with E-state index in [2.05, 4.69) is 18.7 Å². The van der Waals surface area contributed by atoms with Crippen molar-refractivity contribution in [1.29, 1.82) is 0 Å². The van der Waals surface area contributed by atoms with E-state index in [9.17, 15) is 4.79 Å². The average molecular weight is 397 g/mol. The Morgan fingerprint density at radius 1 is 0.750 bits per heavy atom. The van der Waals surface area contributed by atoms with Crippen LogP contribution in [-0.2, 0) is 9.63 Å². The number of nitrogens with zero attached hydrogens (tertiary/aromatic N) is 2. The van der Waals surface area contributed by atoms with Gasteiger partial charge in [-0.3, -0.25) is 0 Å². The van der Waals surface area contributed by atoms with Crippen LogP contribution in [0.4, 0.5) is 0 Å². The number of carbonyl (C=O) groups is 1. The van der Waals surface area contributed by atoms with E-state index in [1.165, 1.54) is 64.2 Å². The van der Waals surface area contributed by atoms with Crippen LogP contribution in [0, 0.1) is 0 Å². The maximum Gasteiger partial charge on any atom is 0.352 e. The van der Waals surface area contributed by atoms with Gasteiger partial charge in [-0.25, -0.2) is 4.79 Å². The van der Waals surface area contributed by atoms with Gasteiger partial charge in [-0.05, 0) is 40.3 Å². The van der Waals surface area contributed by atoms with Crippen molar-refractivity contribution in [2.75, 3.05) is 33.7 Å². The molecule has 0 atom stereocenters. The minimum atomic E-state index is -0.185. The van der Waals surface area contributed by atoms with Gasteiger partial charge in [0.2, 0.25) is 0 Å². The second kappa shape index (κ2) is 19.4. The molecular weight excluding hydrogens is 348 g/mol. The molecule has 0 bridgehead atoms. The standard InChI is InChI=1S/C24H48N2O2/c1-6-8-10-12-14-16-21-26(22-17-15-13-11-9-7-2)28-24(27)23(3)19-18-20-25(4)5/h19H,6-18,20-22H2,1-5H3. The molecule has 4 heteroatoms. The van der Waals surface area contributed by atoms with Crippen molar-refractivity contribution in [3.05, 3.63) is 11.6 Å². The van der Waals surface area contributed by atoms with E-state index in [0.717, 1.165) is 44.5 Å². The third kappa shape index (κ3) is 17.2. The Morgan fingerprint density at radius 2 is 1.21 bits per heavy atom. The van der Waals surface area contributed by atoms with Gasteiger partial charge in [0.25, 0.3) is 0 Å². The molecule has 0 heterocycles. The quantitative estimate of drug-likeness (QED) is 0.144. The topological polar surface area (TPSA) is 32.8 Å². The molecular formula is C24H48N2O2. The molecule has 0 aliphatic carbocycles. The monoisotopic (exact) mass is 396 g/mol. The summed E-state index contributed by atoms with van der Waals surface area (Å²) in [5, 5.41) is 1.92. The van der Waals surface area contributed by atoms with Crippen LogP contribution < -0.4 is 0 Å². The minimum absolute atomic E-state index is 0.185. The third-order valence-corrected chi connectivity index (χ3v) is 5.08. The Balaban J connectivity index is 4.33. The summed E-state index contributed by atoms with van der Waals surface area (Å²) >= 11 is 0. The fraction of sp³-hybridized carbons (Fsp3) is 0.875. The largest absolute Gasteiger partial charge is 0.364 e.